The second-order valence-electron chi connectivity index (χ2n) is 4.22. The third kappa shape index (κ3) is 3.08. The van der Waals surface area contributed by atoms with Gasteiger partial charge in [-0.2, -0.15) is 0 Å². The van der Waals surface area contributed by atoms with E-state index in [1.165, 1.54) is 0 Å². The summed E-state index contributed by atoms with van der Waals surface area (Å²) in [5.41, 5.74) is 2.08. The van der Waals surface area contributed by atoms with Gasteiger partial charge in [-0.3, -0.25) is 4.79 Å². The Bertz CT molecular complexity index is 397. The Hall–Kier alpha value is -0.830. The van der Waals surface area contributed by atoms with Crippen molar-refractivity contribution < 1.29 is 9.53 Å². The van der Waals surface area contributed by atoms with Crippen LogP contribution in [0.1, 0.15) is 37.8 Å². The number of benzene rings is 1. The lowest BCUT2D eigenvalue weighted by molar-refractivity contribution is -0.116. The van der Waals surface area contributed by atoms with Crippen molar-refractivity contribution in [1.29, 1.82) is 0 Å². The number of Topliss-reactive ketones (excluding diaryl/α,β-unsaturated/α-hetero) is 1. The standard InChI is InChI=1S/C13H17BrO2/c1-8(2)12-7-11(14)6-10(5-9(3)15)13(12)16-4/h6-8H,5H2,1-4H3. The van der Waals surface area contributed by atoms with Crippen LogP contribution in [0.5, 0.6) is 5.75 Å². The van der Waals surface area contributed by atoms with Gasteiger partial charge in [-0.25, -0.2) is 0 Å². The van der Waals surface area contributed by atoms with Gasteiger partial charge in [0.25, 0.3) is 0 Å². The number of ether oxygens (including phenoxy) is 1. The summed E-state index contributed by atoms with van der Waals surface area (Å²) in [6, 6.07) is 4.00. The summed E-state index contributed by atoms with van der Waals surface area (Å²) >= 11 is 3.47. The molecule has 0 fully saturated rings. The lowest BCUT2D eigenvalue weighted by Gasteiger charge is -2.16. The second-order valence-corrected chi connectivity index (χ2v) is 5.14. The number of hydrogen-bond donors (Lipinski definition) is 0. The summed E-state index contributed by atoms with van der Waals surface area (Å²) in [6.07, 6.45) is 0.419. The van der Waals surface area contributed by atoms with Crippen molar-refractivity contribution in [2.24, 2.45) is 0 Å². The summed E-state index contributed by atoms with van der Waals surface area (Å²) < 4.78 is 6.41. The zero-order valence-electron chi connectivity index (χ0n) is 10.1. The minimum atomic E-state index is 0.145. The lowest BCUT2D eigenvalue weighted by Crippen LogP contribution is -2.03. The first-order chi connectivity index (χ1) is 7.45. The molecule has 0 aliphatic carbocycles. The largest absolute Gasteiger partial charge is 0.496 e. The van der Waals surface area contributed by atoms with Gasteiger partial charge in [0.05, 0.1) is 7.11 Å². The quantitative estimate of drug-likeness (QED) is 0.843. The molecule has 0 heterocycles. The summed E-state index contributed by atoms with van der Waals surface area (Å²) in [5.74, 6) is 1.36. The van der Waals surface area contributed by atoms with Crippen LogP contribution in [0.2, 0.25) is 0 Å². The Morgan fingerprint density at radius 3 is 2.50 bits per heavy atom. The van der Waals surface area contributed by atoms with Crippen molar-refractivity contribution in [2.75, 3.05) is 7.11 Å². The van der Waals surface area contributed by atoms with E-state index in [2.05, 4.69) is 29.8 Å². The first-order valence-corrected chi connectivity index (χ1v) is 6.10. The van der Waals surface area contributed by atoms with Crippen LogP contribution in [0, 0.1) is 0 Å². The molecule has 88 valence electrons. The van der Waals surface area contributed by atoms with Crippen LogP contribution < -0.4 is 4.74 Å². The fourth-order valence-corrected chi connectivity index (χ4v) is 2.27. The molecule has 0 amide bonds. The first-order valence-electron chi connectivity index (χ1n) is 5.31. The van der Waals surface area contributed by atoms with Gasteiger partial charge in [0.15, 0.2) is 0 Å². The molecule has 0 N–H and O–H groups in total. The minimum absolute atomic E-state index is 0.145. The van der Waals surface area contributed by atoms with E-state index in [4.69, 9.17) is 4.74 Å². The molecule has 16 heavy (non-hydrogen) atoms. The fourth-order valence-electron chi connectivity index (χ4n) is 1.75. The maximum atomic E-state index is 11.2. The van der Waals surface area contributed by atoms with Crippen LogP contribution in [0.4, 0.5) is 0 Å². The average Bonchev–Trinajstić information content (AvgIpc) is 2.15. The normalized spacial score (nSPS) is 10.6. The van der Waals surface area contributed by atoms with E-state index in [1.54, 1.807) is 14.0 Å². The first kappa shape index (κ1) is 13.2. The molecule has 0 bridgehead atoms. The van der Waals surface area contributed by atoms with E-state index in [0.29, 0.717) is 12.3 Å². The van der Waals surface area contributed by atoms with Gasteiger partial charge in [-0.1, -0.05) is 29.8 Å². The van der Waals surface area contributed by atoms with E-state index in [1.807, 2.05) is 12.1 Å². The highest BCUT2D eigenvalue weighted by molar-refractivity contribution is 9.10. The highest BCUT2D eigenvalue weighted by atomic mass is 79.9. The Morgan fingerprint density at radius 1 is 1.44 bits per heavy atom. The molecule has 0 atom stereocenters. The molecule has 0 unspecified atom stereocenters. The molecule has 1 aromatic rings. The van der Waals surface area contributed by atoms with Crippen molar-refractivity contribution in [2.45, 2.75) is 33.1 Å². The minimum Gasteiger partial charge on any atom is -0.496 e. The predicted octanol–water partition coefficient (Wildman–Crippen LogP) is 3.71. The monoisotopic (exact) mass is 284 g/mol. The van der Waals surface area contributed by atoms with E-state index in [0.717, 1.165) is 21.3 Å². The third-order valence-electron chi connectivity index (χ3n) is 2.42. The fraction of sp³-hybridized carbons (Fsp3) is 0.462. The van der Waals surface area contributed by atoms with Gasteiger partial charge in [0, 0.05) is 16.5 Å². The van der Waals surface area contributed by atoms with Crippen molar-refractivity contribution in [1.82, 2.24) is 0 Å². The van der Waals surface area contributed by atoms with Crippen molar-refractivity contribution in [3.05, 3.63) is 27.7 Å². The summed E-state index contributed by atoms with van der Waals surface area (Å²) in [7, 11) is 1.65. The molecular formula is C13H17BrO2. The van der Waals surface area contributed by atoms with Gasteiger partial charge in [-0.05, 0) is 30.5 Å². The van der Waals surface area contributed by atoms with Gasteiger partial charge in [0.1, 0.15) is 11.5 Å². The Labute approximate surface area is 105 Å². The molecule has 0 aromatic heterocycles. The lowest BCUT2D eigenvalue weighted by atomic mass is 9.97. The van der Waals surface area contributed by atoms with Crippen LogP contribution in [0.15, 0.2) is 16.6 Å². The van der Waals surface area contributed by atoms with E-state index >= 15 is 0 Å². The molecule has 0 saturated carbocycles. The van der Waals surface area contributed by atoms with Crippen molar-refractivity contribution >= 4 is 21.7 Å². The molecule has 3 heteroatoms. The molecule has 0 radical (unpaired) electrons. The Kier molecular flexibility index (Phi) is 4.54. The highest BCUT2D eigenvalue weighted by Gasteiger charge is 2.14. The molecule has 0 aliphatic rings. The summed E-state index contributed by atoms with van der Waals surface area (Å²) in [5, 5.41) is 0. The number of halogens is 1. The number of hydrogen-bond acceptors (Lipinski definition) is 2. The van der Waals surface area contributed by atoms with Crippen LogP contribution in [0.25, 0.3) is 0 Å². The average molecular weight is 285 g/mol. The van der Waals surface area contributed by atoms with Crippen LogP contribution in [0.3, 0.4) is 0 Å². The molecule has 1 rings (SSSR count). The van der Waals surface area contributed by atoms with Gasteiger partial charge < -0.3 is 4.74 Å². The van der Waals surface area contributed by atoms with Crippen molar-refractivity contribution in [3.8, 4) is 5.75 Å². The van der Waals surface area contributed by atoms with Crippen LogP contribution in [-0.2, 0) is 11.2 Å². The predicted molar refractivity (Wildman–Crippen MR) is 69.2 cm³/mol. The van der Waals surface area contributed by atoms with E-state index < -0.39 is 0 Å². The molecule has 1 aromatic carbocycles. The number of carbonyl (C=O) groups is 1. The van der Waals surface area contributed by atoms with Gasteiger partial charge in [0.2, 0.25) is 0 Å². The SMILES string of the molecule is COc1c(CC(C)=O)cc(Br)cc1C(C)C. The summed E-state index contributed by atoms with van der Waals surface area (Å²) in [4.78, 5) is 11.2. The Morgan fingerprint density at radius 2 is 2.06 bits per heavy atom. The number of ketones is 1. The van der Waals surface area contributed by atoms with Gasteiger partial charge >= 0.3 is 0 Å². The Balaban J connectivity index is 3.29. The maximum Gasteiger partial charge on any atom is 0.134 e. The number of carbonyl (C=O) groups excluding carboxylic acids is 1. The number of methoxy groups -OCH3 is 1. The van der Waals surface area contributed by atoms with E-state index in [9.17, 15) is 4.79 Å². The summed E-state index contributed by atoms with van der Waals surface area (Å²) in [6.45, 7) is 5.82. The van der Waals surface area contributed by atoms with Gasteiger partial charge in [-0.15, -0.1) is 0 Å². The molecule has 2 nitrogen and oxygen atoms in total. The molecule has 0 saturated heterocycles. The zero-order valence-corrected chi connectivity index (χ0v) is 11.7. The molecular weight excluding hydrogens is 268 g/mol. The van der Waals surface area contributed by atoms with Crippen LogP contribution >= 0.6 is 15.9 Å². The highest BCUT2D eigenvalue weighted by Crippen LogP contribution is 2.33. The van der Waals surface area contributed by atoms with Crippen LogP contribution in [-0.4, -0.2) is 12.9 Å². The molecule has 0 aliphatic heterocycles. The third-order valence-corrected chi connectivity index (χ3v) is 2.88. The number of rotatable bonds is 4. The van der Waals surface area contributed by atoms with E-state index in [-0.39, 0.29) is 5.78 Å². The zero-order chi connectivity index (χ0) is 12.3. The maximum absolute atomic E-state index is 11.2. The van der Waals surface area contributed by atoms with Crippen molar-refractivity contribution in [3.63, 3.8) is 0 Å². The smallest absolute Gasteiger partial charge is 0.134 e. The molecule has 0 spiro atoms. The topological polar surface area (TPSA) is 26.3 Å². The second kappa shape index (κ2) is 5.48.